The molecule has 0 spiro atoms. The third-order valence-corrected chi connectivity index (χ3v) is 4.29. The molecule has 1 amide bonds. The summed E-state index contributed by atoms with van der Waals surface area (Å²) in [6.45, 7) is 2.83. The van der Waals surface area contributed by atoms with E-state index in [2.05, 4.69) is 12.2 Å². The maximum atomic E-state index is 13.2. The smallest absolute Gasteiger partial charge is 0.266 e. The normalized spacial score (nSPS) is 11.0. The lowest BCUT2D eigenvalue weighted by Gasteiger charge is -2.07. The molecule has 2 aromatic rings. The van der Waals surface area contributed by atoms with Crippen LogP contribution in [-0.4, -0.2) is 12.5 Å². The standard InChI is InChI=1S/C22H22ClFN2O2/c1-2-3-4-5-12-28-19-9-6-16(7-10-19)13-17(15-25)22(27)26-18-8-11-21(24)20(23)14-18/h6-11,13-14H,2-5,12H2,1H3,(H,26,27)/b17-13+. The van der Waals surface area contributed by atoms with Crippen LogP contribution in [0.15, 0.2) is 48.0 Å². The molecule has 0 saturated carbocycles. The molecule has 0 aromatic heterocycles. The minimum Gasteiger partial charge on any atom is -0.494 e. The Hall–Kier alpha value is -2.84. The minimum atomic E-state index is -0.596. The first-order valence-corrected chi connectivity index (χ1v) is 9.52. The highest BCUT2D eigenvalue weighted by molar-refractivity contribution is 6.31. The summed E-state index contributed by atoms with van der Waals surface area (Å²) >= 11 is 5.70. The van der Waals surface area contributed by atoms with Crippen LogP contribution < -0.4 is 10.1 Å². The Bertz CT molecular complexity index is 873. The summed E-state index contributed by atoms with van der Waals surface area (Å²) in [5.41, 5.74) is 0.931. The van der Waals surface area contributed by atoms with E-state index < -0.39 is 11.7 Å². The Morgan fingerprint density at radius 2 is 1.96 bits per heavy atom. The Balaban J connectivity index is 1.98. The van der Waals surface area contributed by atoms with Gasteiger partial charge in [0.2, 0.25) is 0 Å². The first kappa shape index (κ1) is 21.5. The molecule has 0 aliphatic rings. The van der Waals surface area contributed by atoms with Crippen molar-refractivity contribution in [2.45, 2.75) is 32.6 Å². The zero-order valence-electron chi connectivity index (χ0n) is 15.7. The van der Waals surface area contributed by atoms with Gasteiger partial charge in [-0.2, -0.15) is 5.26 Å². The number of unbranched alkanes of at least 4 members (excludes halogenated alkanes) is 3. The first-order valence-electron chi connectivity index (χ1n) is 9.14. The number of carbonyl (C=O) groups excluding carboxylic acids is 1. The topological polar surface area (TPSA) is 62.1 Å². The molecule has 0 aliphatic carbocycles. The van der Waals surface area contributed by atoms with Crippen LogP contribution in [0.25, 0.3) is 6.08 Å². The second-order valence-electron chi connectivity index (χ2n) is 6.23. The molecule has 2 aromatic carbocycles. The van der Waals surface area contributed by atoms with E-state index in [0.29, 0.717) is 17.9 Å². The number of hydrogen-bond acceptors (Lipinski definition) is 3. The summed E-state index contributed by atoms with van der Waals surface area (Å²) in [6, 6.07) is 12.9. The van der Waals surface area contributed by atoms with Gasteiger partial charge in [0.15, 0.2) is 0 Å². The van der Waals surface area contributed by atoms with Gasteiger partial charge in [0.25, 0.3) is 5.91 Å². The number of rotatable bonds is 9. The molecule has 6 heteroatoms. The Morgan fingerprint density at radius 1 is 1.21 bits per heavy atom. The van der Waals surface area contributed by atoms with E-state index in [1.165, 1.54) is 31.1 Å². The van der Waals surface area contributed by atoms with Gasteiger partial charge in [0.05, 0.1) is 11.6 Å². The monoisotopic (exact) mass is 400 g/mol. The van der Waals surface area contributed by atoms with Crippen molar-refractivity contribution >= 4 is 29.3 Å². The average Bonchev–Trinajstić information content (AvgIpc) is 2.69. The molecule has 0 heterocycles. The number of benzene rings is 2. The lowest BCUT2D eigenvalue weighted by molar-refractivity contribution is -0.112. The van der Waals surface area contributed by atoms with Crippen LogP contribution in [0, 0.1) is 17.1 Å². The van der Waals surface area contributed by atoms with Crippen molar-refractivity contribution in [3.05, 3.63) is 64.4 Å². The molecule has 146 valence electrons. The van der Waals surface area contributed by atoms with Crippen molar-refractivity contribution in [2.75, 3.05) is 11.9 Å². The first-order chi connectivity index (χ1) is 13.5. The molecule has 0 aliphatic heterocycles. The van der Waals surface area contributed by atoms with E-state index in [4.69, 9.17) is 16.3 Å². The number of nitrogens with zero attached hydrogens (tertiary/aromatic N) is 1. The van der Waals surface area contributed by atoms with Gasteiger partial charge < -0.3 is 10.1 Å². The Morgan fingerprint density at radius 3 is 2.61 bits per heavy atom. The highest BCUT2D eigenvalue weighted by Gasteiger charge is 2.11. The molecule has 4 nitrogen and oxygen atoms in total. The summed E-state index contributed by atoms with van der Waals surface area (Å²) in [5, 5.41) is 11.7. The van der Waals surface area contributed by atoms with E-state index in [1.54, 1.807) is 24.3 Å². The highest BCUT2D eigenvalue weighted by atomic mass is 35.5. The van der Waals surface area contributed by atoms with Gasteiger partial charge in [-0.05, 0) is 48.4 Å². The molecule has 28 heavy (non-hydrogen) atoms. The molecule has 2 rings (SSSR count). The fraction of sp³-hybridized carbons (Fsp3) is 0.273. The van der Waals surface area contributed by atoms with Gasteiger partial charge in [-0.3, -0.25) is 4.79 Å². The van der Waals surface area contributed by atoms with Crippen LogP contribution in [0.1, 0.15) is 38.2 Å². The van der Waals surface area contributed by atoms with Gasteiger partial charge >= 0.3 is 0 Å². The van der Waals surface area contributed by atoms with Crippen LogP contribution in [0.3, 0.4) is 0 Å². The Kier molecular flexibility index (Phi) is 8.51. The number of nitrogens with one attached hydrogen (secondary N) is 1. The minimum absolute atomic E-state index is 0.0753. The summed E-state index contributed by atoms with van der Waals surface area (Å²) in [7, 11) is 0. The van der Waals surface area contributed by atoms with Crippen LogP contribution in [0.5, 0.6) is 5.75 Å². The molecule has 0 saturated heterocycles. The maximum absolute atomic E-state index is 13.2. The van der Waals surface area contributed by atoms with E-state index in [1.807, 2.05) is 6.07 Å². The van der Waals surface area contributed by atoms with Gasteiger partial charge in [-0.15, -0.1) is 0 Å². The average molecular weight is 401 g/mol. The zero-order chi connectivity index (χ0) is 20.4. The zero-order valence-corrected chi connectivity index (χ0v) is 16.4. The fourth-order valence-electron chi connectivity index (χ4n) is 2.47. The van der Waals surface area contributed by atoms with E-state index in [0.717, 1.165) is 24.7 Å². The number of anilines is 1. The highest BCUT2D eigenvalue weighted by Crippen LogP contribution is 2.20. The van der Waals surface area contributed by atoms with Gasteiger partial charge in [0.1, 0.15) is 23.2 Å². The molecule has 0 atom stereocenters. The van der Waals surface area contributed by atoms with Crippen LogP contribution >= 0.6 is 11.6 Å². The number of carbonyl (C=O) groups is 1. The quantitative estimate of drug-likeness (QED) is 0.319. The van der Waals surface area contributed by atoms with Crippen molar-refractivity contribution < 1.29 is 13.9 Å². The predicted molar refractivity (Wildman–Crippen MR) is 110 cm³/mol. The molecule has 0 fully saturated rings. The van der Waals surface area contributed by atoms with Crippen molar-refractivity contribution in [2.24, 2.45) is 0 Å². The number of halogens is 2. The largest absolute Gasteiger partial charge is 0.494 e. The molecule has 1 N–H and O–H groups in total. The maximum Gasteiger partial charge on any atom is 0.266 e. The van der Waals surface area contributed by atoms with E-state index in [9.17, 15) is 14.4 Å². The third-order valence-electron chi connectivity index (χ3n) is 4.00. The molecule has 0 bridgehead atoms. The Labute approximate surface area is 169 Å². The van der Waals surface area contributed by atoms with Crippen LogP contribution in [0.2, 0.25) is 5.02 Å². The molecular weight excluding hydrogens is 379 g/mol. The van der Waals surface area contributed by atoms with Crippen molar-refractivity contribution in [3.63, 3.8) is 0 Å². The summed E-state index contributed by atoms with van der Waals surface area (Å²) in [5.74, 6) is -0.428. The SMILES string of the molecule is CCCCCCOc1ccc(/C=C(\C#N)C(=O)Nc2ccc(F)c(Cl)c2)cc1. The third kappa shape index (κ3) is 6.71. The summed E-state index contributed by atoms with van der Waals surface area (Å²) in [6.07, 6.45) is 6.03. The van der Waals surface area contributed by atoms with Crippen LogP contribution in [0.4, 0.5) is 10.1 Å². The van der Waals surface area contributed by atoms with Gasteiger partial charge in [-0.1, -0.05) is 49.9 Å². The molecular formula is C22H22ClFN2O2. The summed E-state index contributed by atoms with van der Waals surface area (Å²) in [4.78, 5) is 12.3. The number of amides is 1. The number of hydrogen-bond donors (Lipinski definition) is 1. The van der Waals surface area contributed by atoms with E-state index in [-0.39, 0.29) is 10.6 Å². The lowest BCUT2D eigenvalue weighted by Crippen LogP contribution is -2.13. The van der Waals surface area contributed by atoms with Crippen molar-refractivity contribution in [3.8, 4) is 11.8 Å². The lowest BCUT2D eigenvalue weighted by atomic mass is 10.1. The van der Waals surface area contributed by atoms with E-state index >= 15 is 0 Å². The summed E-state index contributed by atoms with van der Waals surface area (Å²) < 4.78 is 18.9. The predicted octanol–water partition coefficient (Wildman–Crippen LogP) is 5.98. The van der Waals surface area contributed by atoms with Gasteiger partial charge in [0, 0.05) is 5.69 Å². The molecule has 0 radical (unpaired) electrons. The van der Waals surface area contributed by atoms with Crippen molar-refractivity contribution in [1.29, 1.82) is 5.26 Å². The number of ether oxygens (including phenoxy) is 1. The molecule has 0 unspecified atom stereocenters. The van der Waals surface area contributed by atoms with Crippen LogP contribution in [-0.2, 0) is 4.79 Å². The fourth-order valence-corrected chi connectivity index (χ4v) is 2.65. The van der Waals surface area contributed by atoms with Crippen molar-refractivity contribution in [1.82, 2.24) is 0 Å². The van der Waals surface area contributed by atoms with Gasteiger partial charge in [-0.25, -0.2) is 4.39 Å². The number of nitriles is 1. The second-order valence-corrected chi connectivity index (χ2v) is 6.64. The second kappa shape index (κ2) is 11.1.